The molecular formula is C12H14N2O2S2. The van der Waals surface area contributed by atoms with E-state index in [0.717, 1.165) is 15.7 Å². The first-order valence-corrected chi connectivity index (χ1v) is 8.45. The molecule has 0 saturated heterocycles. The summed E-state index contributed by atoms with van der Waals surface area (Å²) in [6, 6.07) is 5.72. The number of benzene rings is 1. The smallest absolute Gasteiger partial charge is 0.148 e. The zero-order valence-corrected chi connectivity index (χ0v) is 11.6. The zero-order valence-electron chi connectivity index (χ0n) is 9.96. The van der Waals surface area contributed by atoms with Crippen LogP contribution in [0.5, 0.6) is 0 Å². The highest BCUT2D eigenvalue weighted by Crippen LogP contribution is 2.31. The number of anilines is 1. The number of sulfone groups is 1. The molecule has 2 aromatic rings. The third kappa shape index (κ3) is 3.14. The molecule has 6 heteroatoms. The molecule has 0 atom stereocenters. The molecule has 0 radical (unpaired) electrons. The van der Waals surface area contributed by atoms with Gasteiger partial charge >= 0.3 is 0 Å². The molecule has 1 aromatic heterocycles. The first kappa shape index (κ1) is 13.2. The summed E-state index contributed by atoms with van der Waals surface area (Å²) in [6.45, 7) is 0. The fourth-order valence-electron chi connectivity index (χ4n) is 1.60. The van der Waals surface area contributed by atoms with Crippen molar-refractivity contribution in [1.29, 1.82) is 0 Å². The van der Waals surface area contributed by atoms with Crippen LogP contribution in [-0.2, 0) is 9.84 Å². The van der Waals surface area contributed by atoms with Gasteiger partial charge in [-0.05, 0) is 12.1 Å². The Bertz CT molecular complexity index is 669. The van der Waals surface area contributed by atoms with Crippen molar-refractivity contribution in [1.82, 2.24) is 4.98 Å². The fourth-order valence-corrected chi connectivity index (χ4v) is 3.80. The molecule has 4 nitrogen and oxygen atoms in total. The maximum atomic E-state index is 11.1. The van der Waals surface area contributed by atoms with E-state index in [1.165, 1.54) is 18.0 Å². The Morgan fingerprint density at radius 1 is 1.33 bits per heavy atom. The summed E-state index contributed by atoms with van der Waals surface area (Å²) in [7, 11) is -2.92. The molecule has 0 saturated carbocycles. The van der Waals surface area contributed by atoms with E-state index in [0.29, 0.717) is 11.4 Å². The van der Waals surface area contributed by atoms with Crippen LogP contribution >= 0.6 is 11.8 Å². The Kier molecular flexibility index (Phi) is 3.77. The van der Waals surface area contributed by atoms with Crippen molar-refractivity contribution in [2.45, 2.75) is 4.90 Å². The lowest BCUT2D eigenvalue weighted by Crippen LogP contribution is -2.05. The van der Waals surface area contributed by atoms with Crippen LogP contribution in [0.4, 0.5) is 5.69 Å². The number of thioether (sulfide) groups is 1. The second kappa shape index (κ2) is 5.16. The largest absolute Gasteiger partial charge is 0.397 e. The Morgan fingerprint density at radius 2 is 2.11 bits per heavy atom. The lowest BCUT2D eigenvalue weighted by atomic mass is 10.1. The summed E-state index contributed by atoms with van der Waals surface area (Å²) >= 11 is 1.46. The van der Waals surface area contributed by atoms with E-state index in [9.17, 15) is 8.42 Å². The van der Waals surface area contributed by atoms with Crippen molar-refractivity contribution in [2.75, 3.05) is 23.5 Å². The van der Waals surface area contributed by atoms with E-state index in [1.54, 1.807) is 12.4 Å². The van der Waals surface area contributed by atoms with Crippen LogP contribution in [0, 0.1) is 0 Å². The van der Waals surface area contributed by atoms with Crippen molar-refractivity contribution in [3.05, 3.63) is 30.6 Å². The number of hydrogen-bond acceptors (Lipinski definition) is 5. The molecule has 0 aliphatic rings. The minimum atomic E-state index is -2.92. The van der Waals surface area contributed by atoms with Gasteiger partial charge in [-0.1, -0.05) is 6.07 Å². The standard InChI is InChI=1S/C12H14N2O2S2/c1-18(15,16)7-6-17-11-3-2-9-8-14-5-4-10(9)12(11)13/h2-5,8H,6-7,13H2,1H3. The molecule has 0 unspecified atom stereocenters. The number of pyridine rings is 1. The minimum absolute atomic E-state index is 0.158. The molecule has 1 heterocycles. The highest BCUT2D eigenvalue weighted by molar-refractivity contribution is 8.00. The van der Waals surface area contributed by atoms with Gasteiger partial charge in [0, 0.05) is 40.1 Å². The van der Waals surface area contributed by atoms with Crippen molar-refractivity contribution < 1.29 is 8.42 Å². The second-order valence-corrected chi connectivity index (χ2v) is 7.45. The van der Waals surface area contributed by atoms with E-state index in [4.69, 9.17) is 5.73 Å². The van der Waals surface area contributed by atoms with E-state index in [-0.39, 0.29) is 5.75 Å². The van der Waals surface area contributed by atoms with E-state index < -0.39 is 9.84 Å². The van der Waals surface area contributed by atoms with E-state index in [1.807, 2.05) is 18.2 Å². The lowest BCUT2D eigenvalue weighted by molar-refractivity contribution is 0.603. The molecule has 2 N–H and O–H groups in total. The average molecular weight is 282 g/mol. The number of fused-ring (bicyclic) bond motifs is 1. The highest BCUT2D eigenvalue weighted by atomic mass is 32.2. The fraction of sp³-hybridized carbons (Fsp3) is 0.250. The molecule has 1 aromatic carbocycles. The van der Waals surface area contributed by atoms with E-state index in [2.05, 4.69) is 4.98 Å². The Balaban J connectivity index is 2.22. The van der Waals surface area contributed by atoms with Gasteiger partial charge in [-0.25, -0.2) is 8.42 Å². The van der Waals surface area contributed by atoms with Crippen molar-refractivity contribution in [2.24, 2.45) is 0 Å². The van der Waals surface area contributed by atoms with Crippen molar-refractivity contribution >= 4 is 38.1 Å². The van der Waals surface area contributed by atoms with Gasteiger partial charge in [0.15, 0.2) is 0 Å². The zero-order chi connectivity index (χ0) is 13.2. The third-order valence-corrected chi connectivity index (χ3v) is 4.81. The maximum absolute atomic E-state index is 11.1. The van der Waals surface area contributed by atoms with Gasteiger partial charge in [-0.15, -0.1) is 11.8 Å². The Morgan fingerprint density at radius 3 is 2.83 bits per heavy atom. The van der Waals surface area contributed by atoms with Crippen LogP contribution in [0.2, 0.25) is 0 Å². The van der Waals surface area contributed by atoms with Crippen molar-refractivity contribution in [3.63, 3.8) is 0 Å². The Hall–Kier alpha value is -1.27. The van der Waals surface area contributed by atoms with Gasteiger partial charge < -0.3 is 5.73 Å². The monoisotopic (exact) mass is 282 g/mol. The highest BCUT2D eigenvalue weighted by Gasteiger charge is 2.07. The van der Waals surface area contributed by atoms with Gasteiger partial charge in [0.05, 0.1) is 11.4 Å². The normalized spacial score (nSPS) is 11.8. The number of nitrogens with zero attached hydrogens (tertiary/aromatic N) is 1. The number of hydrogen-bond donors (Lipinski definition) is 1. The molecule has 18 heavy (non-hydrogen) atoms. The van der Waals surface area contributed by atoms with Gasteiger partial charge in [0.1, 0.15) is 9.84 Å². The average Bonchev–Trinajstić information content (AvgIpc) is 2.31. The SMILES string of the molecule is CS(=O)(=O)CCSc1ccc2cnccc2c1N. The van der Waals surface area contributed by atoms with Gasteiger partial charge in [-0.3, -0.25) is 4.98 Å². The van der Waals surface area contributed by atoms with Crippen LogP contribution < -0.4 is 5.73 Å². The molecule has 0 aliphatic heterocycles. The van der Waals surface area contributed by atoms with Gasteiger partial charge in [-0.2, -0.15) is 0 Å². The van der Waals surface area contributed by atoms with E-state index >= 15 is 0 Å². The summed E-state index contributed by atoms with van der Waals surface area (Å²) in [5, 5.41) is 1.94. The topological polar surface area (TPSA) is 73.0 Å². The minimum Gasteiger partial charge on any atom is -0.397 e. The molecule has 2 rings (SSSR count). The summed E-state index contributed by atoms with van der Waals surface area (Å²) in [6.07, 6.45) is 4.70. The predicted molar refractivity (Wildman–Crippen MR) is 76.6 cm³/mol. The molecule has 0 bridgehead atoms. The Labute approximate surface area is 111 Å². The number of aromatic nitrogens is 1. The number of nitrogens with two attached hydrogens (primary N) is 1. The van der Waals surface area contributed by atoms with Gasteiger partial charge in [0.25, 0.3) is 0 Å². The summed E-state index contributed by atoms with van der Waals surface area (Å²) in [4.78, 5) is 4.95. The first-order valence-electron chi connectivity index (χ1n) is 5.40. The van der Waals surface area contributed by atoms with Crippen LogP contribution in [0.15, 0.2) is 35.5 Å². The van der Waals surface area contributed by atoms with Gasteiger partial charge in [0.2, 0.25) is 0 Å². The third-order valence-electron chi connectivity index (χ3n) is 2.53. The van der Waals surface area contributed by atoms with Crippen LogP contribution in [0.1, 0.15) is 0 Å². The van der Waals surface area contributed by atoms with Crippen LogP contribution in [0.25, 0.3) is 10.8 Å². The molecule has 0 spiro atoms. The van der Waals surface area contributed by atoms with Crippen LogP contribution in [0.3, 0.4) is 0 Å². The van der Waals surface area contributed by atoms with Crippen LogP contribution in [-0.4, -0.2) is 31.2 Å². The maximum Gasteiger partial charge on any atom is 0.148 e. The summed E-state index contributed by atoms with van der Waals surface area (Å²) < 4.78 is 22.1. The lowest BCUT2D eigenvalue weighted by Gasteiger charge is -2.08. The molecule has 96 valence electrons. The van der Waals surface area contributed by atoms with Crippen molar-refractivity contribution in [3.8, 4) is 0 Å². The predicted octanol–water partition coefficient (Wildman–Crippen LogP) is 1.95. The summed E-state index contributed by atoms with van der Waals surface area (Å²) in [5.41, 5.74) is 6.76. The molecular weight excluding hydrogens is 268 g/mol. The molecule has 0 amide bonds. The molecule has 0 fully saturated rings. The quantitative estimate of drug-likeness (QED) is 0.685. The second-order valence-electron chi connectivity index (χ2n) is 4.05. The number of rotatable bonds is 4. The number of nitrogen functional groups attached to an aromatic ring is 1. The first-order chi connectivity index (χ1) is 8.47. The molecule has 0 aliphatic carbocycles. The summed E-state index contributed by atoms with van der Waals surface area (Å²) in [5.74, 6) is 0.672.